The highest BCUT2D eigenvalue weighted by atomic mass is 35.5. The van der Waals surface area contributed by atoms with E-state index < -0.39 is 0 Å². The van der Waals surface area contributed by atoms with E-state index in [1.54, 1.807) is 6.07 Å². The zero-order chi connectivity index (χ0) is 21.1. The molecule has 5 nitrogen and oxygen atoms in total. The Labute approximate surface area is 184 Å². The lowest BCUT2D eigenvalue weighted by atomic mass is 9.95. The van der Waals surface area contributed by atoms with Crippen LogP contribution in [0.3, 0.4) is 0 Å². The second-order valence-electron chi connectivity index (χ2n) is 7.68. The molecule has 30 heavy (non-hydrogen) atoms. The number of aromatic nitrogens is 2. The van der Waals surface area contributed by atoms with E-state index >= 15 is 0 Å². The minimum absolute atomic E-state index is 0.0132. The number of rotatable bonds is 5. The molecule has 0 atom stereocenters. The minimum atomic E-state index is -0.155. The van der Waals surface area contributed by atoms with Gasteiger partial charge in [0.25, 0.3) is 5.56 Å². The van der Waals surface area contributed by atoms with Gasteiger partial charge in [0.05, 0.1) is 16.7 Å². The number of carbonyl (C=O) groups is 1. The van der Waals surface area contributed by atoms with Gasteiger partial charge in [0.2, 0.25) is 5.91 Å². The van der Waals surface area contributed by atoms with Gasteiger partial charge in [-0.05, 0) is 49.6 Å². The van der Waals surface area contributed by atoms with Gasteiger partial charge in [-0.2, -0.15) is 0 Å². The molecule has 1 heterocycles. The first-order valence-electron chi connectivity index (χ1n) is 10.2. The molecule has 7 heteroatoms. The van der Waals surface area contributed by atoms with Crippen molar-refractivity contribution in [2.45, 2.75) is 50.2 Å². The lowest BCUT2D eigenvalue weighted by molar-refractivity contribution is -0.113. The van der Waals surface area contributed by atoms with Crippen molar-refractivity contribution in [3.8, 4) is 0 Å². The van der Waals surface area contributed by atoms with Gasteiger partial charge in [-0.25, -0.2) is 4.98 Å². The van der Waals surface area contributed by atoms with Crippen LogP contribution in [0.4, 0.5) is 5.69 Å². The van der Waals surface area contributed by atoms with Gasteiger partial charge in [-0.3, -0.25) is 14.2 Å². The van der Waals surface area contributed by atoms with Crippen LogP contribution in [0.5, 0.6) is 0 Å². The van der Waals surface area contributed by atoms with Crippen molar-refractivity contribution in [2.24, 2.45) is 0 Å². The predicted molar refractivity (Wildman–Crippen MR) is 124 cm³/mol. The van der Waals surface area contributed by atoms with Gasteiger partial charge < -0.3 is 5.32 Å². The van der Waals surface area contributed by atoms with E-state index in [1.165, 1.54) is 18.2 Å². The zero-order valence-electron chi connectivity index (χ0n) is 16.9. The average molecular weight is 442 g/mol. The molecule has 0 unspecified atom stereocenters. The van der Waals surface area contributed by atoms with Gasteiger partial charge >= 0.3 is 0 Å². The molecule has 0 saturated heterocycles. The number of carbonyl (C=O) groups excluding carboxylic acids is 1. The molecular weight excluding hydrogens is 418 g/mol. The molecule has 0 aliphatic heterocycles. The van der Waals surface area contributed by atoms with Crippen LogP contribution in [0.25, 0.3) is 10.9 Å². The van der Waals surface area contributed by atoms with Gasteiger partial charge in [0, 0.05) is 16.8 Å². The number of para-hydroxylation sites is 1. The maximum Gasteiger partial charge on any atom is 0.262 e. The molecule has 156 valence electrons. The first-order valence-corrected chi connectivity index (χ1v) is 11.6. The van der Waals surface area contributed by atoms with Crippen molar-refractivity contribution >= 4 is 45.9 Å². The van der Waals surface area contributed by atoms with Crippen LogP contribution in [0.2, 0.25) is 5.02 Å². The smallest absolute Gasteiger partial charge is 0.262 e. The van der Waals surface area contributed by atoms with Crippen molar-refractivity contribution < 1.29 is 4.79 Å². The van der Waals surface area contributed by atoms with Crippen LogP contribution in [0, 0.1) is 6.92 Å². The summed E-state index contributed by atoms with van der Waals surface area (Å²) in [4.78, 5) is 30.5. The van der Waals surface area contributed by atoms with Crippen LogP contribution in [-0.2, 0) is 4.79 Å². The fourth-order valence-corrected chi connectivity index (χ4v) is 4.93. The standard InChI is InChI=1S/C23H24ClN3O2S/c1-15-11-12-16(13-19(15)24)25-21(28)14-30-23-26-20-10-6-5-9-18(20)22(29)27(23)17-7-3-2-4-8-17/h5-6,9-13,17H,2-4,7-8,14H2,1H3,(H,25,28). The van der Waals surface area contributed by atoms with E-state index in [0.717, 1.165) is 31.2 Å². The summed E-state index contributed by atoms with van der Waals surface area (Å²) in [7, 11) is 0. The van der Waals surface area contributed by atoms with Crippen molar-refractivity contribution in [1.29, 1.82) is 0 Å². The Morgan fingerprint density at radius 1 is 1.20 bits per heavy atom. The Bertz CT molecular complexity index is 1140. The van der Waals surface area contributed by atoms with Crippen LogP contribution >= 0.6 is 23.4 Å². The number of halogens is 1. The fourth-order valence-electron chi connectivity index (χ4n) is 3.89. The molecule has 1 aliphatic carbocycles. The fraction of sp³-hybridized carbons (Fsp3) is 0.348. The molecular formula is C23H24ClN3O2S. The average Bonchev–Trinajstić information content (AvgIpc) is 2.75. The summed E-state index contributed by atoms with van der Waals surface area (Å²) in [6.07, 6.45) is 5.38. The molecule has 1 aromatic heterocycles. The zero-order valence-corrected chi connectivity index (χ0v) is 18.4. The number of fused-ring (bicyclic) bond motifs is 1. The van der Waals surface area contributed by atoms with E-state index in [-0.39, 0.29) is 23.3 Å². The Hall–Kier alpha value is -2.31. The van der Waals surface area contributed by atoms with E-state index in [0.29, 0.717) is 26.8 Å². The van der Waals surface area contributed by atoms with E-state index in [4.69, 9.17) is 16.6 Å². The molecule has 1 aliphatic rings. The highest BCUT2D eigenvalue weighted by Crippen LogP contribution is 2.31. The number of aryl methyl sites for hydroxylation is 1. The summed E-state index contributed by atoms with van der Waals surface area (Å²) in [6.45, 7) is 1.92. The lowest BCUT2D eigenvalue weighted by Crippen LogP contribution is -2.29. The summed E-state index contributed by atoms with van der Waals surface area (Å²) in [6, 6.07) is 13.0. The number of nitrogens with one attached hydrogen (secondary N) is 1. The van der Waals surface area contributed by atoms with Gasteiger partial charge in [-0.15, -0.1) is 0 Å². The summed E-state index contributed by atoms with van der Waals surface area (Å²) in [5.41, 5.74) is 2.27. The third-order valence-corrected chi connectivity index (χ3v) is 6.86. The van der Waals surface area contributed by atoms with Crippen LogP contribution in [-0.4, -0.2) is 21.2 Å². The van der Waals surface area contributed by atoms with Gasteiger partial charge in [-0.1, -0.05) is 60.8 Å². The minimum Gasteiger partial charge on any atom is -0.325 e. The monoisotopic (exact) mass is 441 g/mol. The topological polar surface area (TPSA) is 64.0 Å². The van der Waals surface area contributed by atoms with Crippen LogP contribution < -0.4 is 10.9 Å². The number of nitrogens with zero attached hydrogens (tertiary/aromatic N) is 2. The number of amides is 1. The second kappa shape index (κ2) is 9.23. The third kappa shape index (κ3) is 4.55. The molecule has 0 bridgehead atoms. The van der Waals surface area contributed by atoms with Crippen molar-refractivity contribution in [3.63, 3.8) is 0 Å². The molecule has 4 rings (SSSR count). The molecule has 0 spiro atoms. The summed E-state index contributed by atoms with van der Waals surface area (Å²) < 4.78 is 1.82. The van der Waals surface area contributed by atoms with Crippen molar-refractivity contribution in [1.82, 2.24) is 9.55 Å². The second-order valence-corrected chi connectivity index (χ2v) is 9.03. The molecule has 3 aromatic rings. The molecule has 1 fully saturated rings. The Kier molecular flexibility index (Phi) is 6.44. The number of thioether (sulfide) groups is 1. The summed E-state index contributed by atoms with van der Waals surface area (Å²) in [5.74, 6) is 0.0146. The SMILES string of the molecule is Cc1ccc(NC(=O)CSc2nc3ccccc3c(=O)n2C2CCCCC2)cc1Cl. The first kappa shape index (κ1) is 20.9. The lowest BCUT2D eigenvalue weighted by Gasteiger charge is -2.26. The quantitative estimate of drug-likeness (QED) is 0.413. The molecule has 0 radical (unpaired) electrons. The molecule has 2 aromatic carbocycles. The highest BCUT2D eigenvalue weighted by molar-refractivity contribution is 7.99. The summed E-state index contributed by atoms with van der Waals surface area (Å²) >= 11 is 7.46. The van der Waals surface area contributed by atoms with E-state index in [1.807, 2.05) is 47.9 Å². The third-order valence-electron chi connectivity index (χ3n) is 5.50. The van der Waals surface area contributed by atoms with E-state index in [2.05, 4.69) is 5.32 Å². The maximum absolute atomic E-state index is 13.2. The molecule has 1 saturated carbocycles. The maximum atomic E-state index is 13.2. The predicted octanol–water partition coefficient (Wildman–Crippen LogP) is 5.59. The molecule has 1 N–H and O–H groups in total. The van der Waals surface area contributed by atoms with Crippen LogP contribution in [0.15, 0.2) is 52.4 Å². The number of benzene rings is 2. The largest absolute Gasteiger partial charge is 0.325 e. The number of hydrogen-bond acceptors (Lipinski definition) is 4. The molecule has 1 amide bonds. The Balaban J connectivity index is 1.58. The van der Waals surface area contributed by atoms with Crippen LogP contribution in [0.1, 0.15) is 43.7 Å². The normalized spacial score (nSPS) is 14.7. The van der Waals surface area contributed by atoms with Gasteiger partial charge in [0.15, 0.2) is 5.16 Å². The van der Waals surface area contributed by atoms with Crippen molar-refractivity contribution in [3.05, 3.63) is 63.4 Å². The first-order chi connectivity index (χ1) is 14.5. The Morgan fingerprint density at radius 2 is 1.97 bits per heavy atom. The summed E-state index contributed by atoms with van der Waals surface area (Å²) in [5, 5.41) is 4.73. The van der Waals surface area contributed by atoms with Crippen molar-refractivity contribution in [2.75, 3.05) is 11.1 Å². The highest BCUT2D eigenvalue weighted by Gasteiger charge is 2.22. The van der Waals surface area contributed by atoms with Gasteiger partial charge in [0.1, 0.15) is 0 Å². The van der Waals surface area contributed by atoms with E-state index in [9.17, 15) is 9.59 Å². The number of hydrogen-bond donors (Lipinski definition) is 1. The number of anilines is 1. The Morgan fingerprint density at radius 3 is 2.73 bits per heavy atom.